The summed E-state index contributed by atoms with van der Waals surface area (Å²) in [5.74, 6) is 2.68. The quantitative estimate of drug-likeness (QED) is 0.832. The van der Waals surface area contributed by atoms with E-state index in [-0.39, 0.29) is 0 Å². The van der Waals surface area contributed by atoms with Crippen LogP contribution in [0.2, 0.25) is 0 Å². The van der Waals surface area contributed by atoms with Gasteiger partial charge in [0.2, 0.25) is 0 Å². The Balaban J connectivity index is 1.96. The summed E-state index contributed by atoms with van der Waals surface area (Å²) in [6.07, 6.45) is 8.27. The van der Waals surface area contributed by atoms with Crippen LogP contribution in [-0.2, 0) is 0 Å². The SMILES string of the molecule is CCCC1CCC(CN)(N2CC(C)C(C)C2)CC1. The standard InChI is InChI=1S/C16H32N2/c1-4-5-15-6-8-16(12-17,9-7-15)18-10-13(2)14(3)11-18/h13-15H,4-12,17H2,1-3H3. The van der Waals surface area contributed by atoms with Crippen LogP contribution in [0.15, 0.2) is 0 Å². The van der Waals surface area contributed by atoms with Gasteiger partial charge in [-0.05, 0) is 43.4 Å². The normalized spacial score (nSPS) is 42.3. The minimum atomic E-state index is 0.350. The van der Waals surface area contributed by atoms with Gasteiger partial charge in [0.05, 0.1) is 0 Å². The van der Waals surface area contributed by atoms with E-state index in [0.29, 0.717) is 5.54 Å². The van der Waals surface area contributed by atoms with Gasteiger partial charge in [0.1, 0.15) is 0 Å². The lowest BCUT2D eigenvalue weighted by Crippen LogP contribution is -2.55. The van der Waals surface area contributed by atoms with Gasteiger partial charge in [0.15, 0.2) is 0 Å². The predicted molar refractivity (Wildman–Crippen MR) is 78.6 cm³/mol. The van der Waals surface area contributed by atoms with Gasteiger partial charge in [-0.2, -0.15) is 0 Å². The monoisotopic (exact) mass is 252 g/mol. The highest BCUT2D eigenvalue weighted by Gasteiger charge is 2.43. The Labute approximate surface area is 113 Å². The molecule has 2 atom stereocenters. The van der Waals surface area contributed by atoms with E-state index in [1.165, 1.54) is 51.6 Å². The van der Waals surface area contributed by atoms with Crippen molar-refractivity contribution in [2.75, 3.05) is 19.6 Å². The first-order chi connectivity index (χ1) is 8.61. The summed E-state index contributed by atoms with van der Waals surface area (Å²) in [5, 5.41) is 0. The molecule has 1 heterocycles. The minimum absolute atomic E-state index is 0.350. The molecule has 0 aromatic rings. The summed E-state index contributed by atoms with van der Waals surface area (Å²) in [7, 11) is 0. The van der Waals surface area contributed by atoms with Crippen LogP contribution in [0.1, 0.15) is 59.3 Å². The van der Waals surface area contributed by atoms with Crippen LogP contribution in [-0.4, -0.2) is 30.1 Å². The molecular formula is C16H32N2. The van der Waals surface area contributed by atoms with Crippen molar-refractivity contribution in [3.8, 4) is 0 Å². The molecule has 0 aromatic carbocycles. The first-order valence-electron chi connectivity index (χ1n) is 8.06. The van der Waals surface area contributed by atoms with E-state index in [0.717, 1.165) is 24.3 Å². The first-order valence-corrected chi connectivity index (χ1v) is 8.06. The summed E-state index contributed by atoms with van der Waals surface area (Å²) >= 11 is 0. The summed E-state index contributed by atoms with van der Waals surface area (Å²) < 4.78 is 0. The van der Waals surface area contributed by atoms with E-state index < -0.39 is 0 Å². The molecule has 2 unspecified atom stereocenters. The molecule has 2 rings (SSSR count). The van der Waals surface area contributed by atoms with E-state index in [4.69, 9.17) is 5.73 Å². The zero-order valence-electron chi connectivity index (χ0n) is 12.6. The zero-order chi connectivity index (χ0) is 13.2. The van der Waals surface area contributed by atoms with Crippen molar-refractivity contribution in [2.24, 2.45) is 23.5 Å². The van der Waals surface area contributed by atoms with E-state index in [9.17, 15) is 0 Å². The molecule has 0 radical (unpaired) electrons. The highest BCUT2D eigenvalue weighted by Crippen LogP contribution is 2.40. The van der Waals surface area contributed by atoms with Crippen LogP contribution >= 0.6 is 0 Å². The van der Waals surface area contributed by atoms with E-state index in [1.54, 1.807) is 0 Å². The maximum absolute atomic E-state index is 6.19. The second kappa shape index (κ2) is 5.92. The van der Waals surface area contributed by atoms with Gasteiger partial charge in [0.25, 0.3) is 0 Å². The molecule has 2 fully saturated rings. The molecule has 2 aliphatic rings. The van der Waals surface area contributed by atoms with Crippen LogP contribution in [0, 0.1) is 17.8 Å². The Morgan fingerprint density at radius 3 is 2.11 bits per heavy atom. The van der Waals surface area contributed by atoms with Crippen LogP contribution < -0.4 is 5.73 Å². The second-order valence-electron chi connectivity index (χ2n) is 7.02. The lowest BCUT2D eigenvalue weighted by atomic mass is 9.74. The van der Waals surface area contributed by atoms with Crippen molar-refractivity contribution in [1.29, 1.82) is 0 Å². The zero-order valence-corrected chi connectivity index (χ0v) is 12.6. The highest BCUT2D eigenvalue weighted by atomic mass is 15.2. The molecule has 2 heteroatoms. The van der Waals surface area contributed by atoms with E-state index in [1.807, 2.05) is 0 Å². The molecular weight excluding hydrogens is 220 g/mol. The molecule has 1 aliphatic carbocycles. The lowest BCUT2D eigenvalue weighted by molar-refractivity contribution is 0.0568. The molecule has 0 spiro atoms. The number of nitrogens with two attached hydrogens (primary N) is 1. The van der Waals surface area contributed by atoms with E-state index >= 15 is 0 Å². The maximum atomic E-state index is 6.19. The fourth-order valence-corrected chi connectivity index (χ4v) is 4.08. The number of rotatable bonds is 4. The molecule has 0 aromatic heterocycles. The molecule has 1 saturated carbocycles. The number of nitrogens with zero attached hydrogens (tertiary/aromatic N) is 1. The van der Waals surface area contributed by atoms with E-state index in [2.05, 4.69) is 25.7 Å². The number of hydrogen-bond acceptors (Lipinski definition) is 2. The Bertz CT molecular complexity index is 246. The van der Waals surface area contributed by atoms with Crippen molar-refractivity contribution < 1.29 is 0 Å². The molecule has 2 N–H and O–H groups in total. The van der Waals surface area contributed by atoms with Gasteiger partial charge in [0, 0.05) is 25.2 Å². The van der Waals surface area contributed by atoms with Gasteiger partial charge in [-0.15, -0.1) is 0 Å². The summed E-state index contributed by atoms with van der Waals surface area (Å²) in [6.45, 7) is 10.5. The predicted octanol–water partition coefficient (Wildman–Crippen LogP) is 3.26. The van der Waals surface area contributed by atoms with Crippen molar-refractivity contribution in [3.05, 3.63) is 0 Å². The van der Waals surface area contributed by atoms with Gasteiger partial charge in [-0.3, -0.25) is 4.90 Å². The topological polar surface area (TPSA) is 29.3 Å². The summed E-state index contributed by atoms with van der Waals surface area (Å²) in [5.41, 5.74) is 6.54. The van der Waals surface area contributed by atoms with Crippen LogP contribution in [0.5, 0.6) is 0 Å². The fourth-order valence-electron chi connectivity index (χ4n) is 4.08. The molecule has 1 saturated heterocycles. The Kier molecular flexibility index (Phi) is 4.71. The van der Waals surface area contributed by atoms with Crippen molar-refractivity contribution in [3.63, 3.8) is 0 Å². The third-order valence-corrected chi connectivity index (χ3v) is 5.77. The molecule has 0 bridgehead atoms. The summed E-state index contributed by atoms with van der Waals surface area (Å²) in [4.78, 5) is 2.74. The van der Waals surface area contributed by atoms with Crippen molar-refractivity contribution >= 4 is 0 Å². The number of hydrogen-bond donors (Lipinski definition) is 1. The number of likely N-dealkylation sites (tertiary alicyclic amines) is 1. The molecule has 2 nitrogen and oxygen atoms in total. The molecule has 18 heavy (non-hydrogen) atoms. The van der Waals surface area contributed by atoms with Crippen molar-refractivity contribution in [2.45, 2.75) is 64.8 Å². The first kappa shape index (κ1) is 14.3. The fraction of sp³-hybridized carbons (Fsp3) is 1.00. The highest BCUT2D eigenvalue weighted by molar-refractivity contribution is 4.99. The lowest BCUT2D eigenvalue weighted by Gasteiger charge is -2.46. The Hall–Kier alpha value is -0.0800. The Morgan fingerprint density at radius 2 is 1.67 bits per heavy atom. The third-order valence-electron chi connectivity index (χ3n) is 5.77. The smallest absolute Gasteiger partial charge is 0.0332 e. The van der Waals surface area contributed by atoms with Crippen LogP contribution in [0.3, 0.4) is 0 Å². The third kappa shape index (κ3) is 2.75. The van der Waals surface area contributed by atoms with Crippen LogP contribution in [0.4, 0.5) is 0 Å². The van der Waals surface area contributed by atoms with Gasteiger partial charge in [-0.1, -0.05) is 33.6 Å². The summed E-state index contributed by atoms with van der Waals surface area (Å²) in [6, 6.07) is 0. The minimum Gasteiger partial charge on any atom is -0.329 e. The van der Waals surface area contributed by atoms with Crippen molar-refractivity contribution in [1.82, 2.24) is 4.90 Å². The average molecular weight is 252 g/mol. The molecule has 0 amide bonds. The average Bonchev–Trinajstić information content (AvgIpc) is 2.72. The Morgan fingerprint density at radius 1 is 1.11 bits per heavy atom. The van der Waals surface area contributed by atoms with Crippen LogP contribution in [0.25, 0.3) is 0 Å². The molecule has 106 valence electrons. The molecule has 1 aliphatic heterocycles. The van der Waals surface area contributed by atoms with Gasteiger partial charge in [-0.25, -0.2) is 0 Å². The largest absolute Gasteiger partial charge is 0.329 e. The van der Waals surface area contributed by atoms with Gasteiger partial charge >= 0.3 is 0 Å². The maximum Gasteiger partial charge on any atom is 0.0332 e. The second-order valence-corrected chi connectivity index (χ2v) is 7.02. The van der Waals surface area contributed by atoms with Gasteiger partial charge < -0.3 is 5.73 Å².